The maximum absolute atomic E-state index is 5.17. The third kappa shape index (κ3) is 11.9. The van der Waals surface area contributed by atoms with E-state index in [0.29, 0.717) is 0 Å². The molecular weight excluding hydrogens is 1350 g/mol. The van der Waals surface area contributed by atoms with Gasteiger partial charge in [0.1, 0.15) is 0 Å². The number of nitrogens with zero attached hydrogens (tertiary/aromatic N) is 6. The summed E-state index contributed by atoms with van der Waals surface area (Å²) in [5.41, 5.74) is 39.4. The van der Waals surface area contributed by atoms with E-state index in [1.54, 1.807) is 6.20 Å². The van der Waals surface area contributed by atoms with Crippen molar-refractivity contribution in [2.75, 3.05) is 0 Å². The Morgan fingerprint density at radius 1 is 0.207 bits per heavy atom. The number of benzene rings is 12. The molecule has 6 nitrogen and oxygen atoms in total. The van der Waals surface area contributed by atoms with Gasteiger partial charge in [-0.1, -0.05) is 327 Å². The molecule has 0 N–H and O–H groups in total. The van der Waals surface area contributed by atoms with Crippen LogP contribution in [0, 0.1) is 0 Å². The molecule has 0 saturated carbocycles. The van der Waals surface area contributed by atoms with Gasteiger partial charge in [-0.2, -0.15) is 0 Å². The van der Waals surface area contributed by atoms with Crippen molar-refractivity contribution >= 4 is 32.7 Å². The van der Waals surface area contributed by atoms with Crippen molar-refractivity contribution < 1.29 is 0 Å². The molecule has 6 heteroatoms. The van der Waals surface area contributed by atoms with E-state index in [1.807, 2.05) is 61.2 Å². The fraction of sp³-hybridized carbons (Fsp3) is 0.0857. The number of aromatic nitrogens is 6. The van der Waals surface area contributed by atoms with Crippen LogP contribution in [-0.4, -0.2) is 29.9 Å². The largest absolute Gasteiger partial charge is 0.265 e. The molecule has 3 aliphatic rings. The number of fused-ring (bicyclic) bond motifs is 12. The van der Waals surface area contributed by atoms with Crippen molar-refractivity contribution in [1.29, 1.82) is 0 Å². The molecule has 0 amide bonds. The van der Waals surface area contributed by atoms with E-state index in [1.165, 1.54) is 150 Å². The molecule has 0 radical (unpaired) electrons. The molecule has 0 unspecified atom stereocenters. The molecule has 0 bridgehead atoms. The Balaban J connectivity index is 0.000000112. The van der Waals surface area contributed by atoms with Crippen LogP contribution in [0.4, 0.5) is 0 Å². The van der Waals surface area contributed by atoms with E-state index in [-0.39, 0.29) is 16.2 Å². The third-order valence-electron chi connectivity index (χ3n) is 23.3. The van der Waals surface area contributed by atoms with Crippen LogP contribution in [0.1, 0.15) is 74.9 Å². The van der Waals surface area contributed by atoms with Gasteiger partial charge in [-0.15, -0.1) is 0 Å². The Labute approximate surface area is 648 Å². The second-order valence-corrected chi connectivity index (χ2v) is 30.9. The first kappa shape index (κ1) is 67.9. The van der Waals surface area contributed by atoms with Gasteiger partial charge in [0.15, 0.2) is 0 Å². The quantitative estimate of drug-likeness (QED) is 0.143. The highest BCUT2D eigenvalue weighted by atomic mass is 14.8. The minimum atomic E-state index is -0.127. The van der Waals surface area contributed by atoms with Gasteiger partial charge in [0.05, 0.1) is 39.3 Å². The molecule has 21 rings (SSSR count). The summed E-state index contributed by atoms with van der Waals surface area (Å²) in [6.07, 6.45) is 9.21. The zero-order valence-corrected chi connectivity index (χ0v) is 62.8. The molecular formula is C105H78N6. The van der Waals surface area contributed by atoms with Crippen LogP contribution in [0.25, 0.3) is 167 Å². The van der Waals surface area contributed by atoms with Crippen LogP contribution in [0.2, 0.25) is 0 Å². The van der Waals surface area contributed by atoms with Gasteiger partial charge in [0.25, 0.3) is 0 Å². The Hall–Kier alpha value is -13.7. The second kappa shape index (κ2) is 27.5. The van der Waals surface area contributed by atoms with E-state index in [9.17, 15) is 0 Å². The lowest BCUT2D eigenvalue weighted by Gasteiger charge is -2.25. The minimum absolute atomic E-state index is 0.125. The smallest absolute Gasteiger partial charge is 0.0759 e. The maximum atomic E-state index is 5.17. The van der Waals surface area contributed by atoms with Crippen LogP contribution in [0.15, 0.2) is 365 Å². The van der Waals surface area contributed by atoms with Gasteiger partial charge in [-0.25, -0.2) is 15.0 Å². The molecule has 0 aliphatic heterocycles. The van der Waals surface area contributed by atoms with Crippen LogP contribution in [-0.2, 0) is 16.2 Å². The lowest BCUT2D eigenvalue weighted by atomic mass is 9.78. The molecule has 0 saturated heterocycles. The summed E-state index contributed by atoms with van der Waals surface area (Å²) in [5, 5.41) is 3.61. The Morgan fingerprint density at radius 2 is 0.495 bits per heavy atom. The van der Waals surface area contributed by atoms with Crippen molar-refractivity contribution in [2.45, 2.75) is 57.8 Å². The molecule has 0 spiro atoms. The van der Waals surface area contributed by atoms with E-state index < -0.39 is 0 Å². The predicted molar refractivity (Wildman–Crippen MR) is 460 cm³/mol. The van der Waals surface area contributed by atoms with Crippen molar-refractivity contribution in [3.8, 4) is 134 Å². The van der Waals surface area contributed by atoms with Gasteiger partial charge in [-0.05, 0) is 171 Å². The Bertz CT molecular complexity index is 5930. The maximum Gasteiger partial charge on any atom is 0.0759 e. The topological polar surface area (TPSA) is 77.3 Å². The summed E-state index contributed by atoms with van der Waals surface area (Å²) in [7, 11) is 0. The number of pyridine rings is 6. The molecule has 0 atom stereocenters. The third-order valence-corrected chi connectivity index (χ3v) is 23.3. The number of rotatable bonds is 9. The first-order valence-electron chi connectivity index (χ1n) is 38.3. The summed E-state index contributed by atoms with van der Waals surface area (Å²) in [5.74, 6) is 0. The summed E-state index contributed by atoms with van der Waals surface area (Å²) in [4.78, 5) is 28.4. The highest BCUT2D eigenvalue weighted by Gasteiger charge is 2.42. The zero-order valence-electron chi connectivity index (χ0n) is 62.8. The van der Waals surface area contributed by atoms with Crippen molar-refractivity contribution in [3.05, 3.63) is 398 Å². The van der Waals surface area contributed by atoms with Gasteiger partial charge >= 0.3 is 0 Å². The summed E-state index contributed by atoms with van der Waals surface area (Å²) >= 11 is 0. The zero-order chi connectivity index (χ0) is 75.0. The molecule has 6 aromatic heterocycles. The Kier molecular flexibility index (Phi) is 16.8. The van der Waals surface area contributed by atoms with Gasteiger partial charge < -0.3 is 0 Å². The number of para-hydroxylation sites is 3. The Morgan fingerprint density at radius 3 is 0.820 bits per heavy atom. The van der Waals surface area contributed by atoms with Gasteiger partial charge in [0.2, 0.25) is 0 Å². The summed E-state index contributed by atoms with van der Waals surface area (Å²) in [6.45, 7) is 14.0. The molecule has 6 heterocycles. The highest BCUT2D eigenvalue weighted by molar-refractivity contribution is 6.06. The molecule has 0 fully saturated rings. The average Bonchev–Trinajstić information content (AvgIpc) is 1.58. The second-order valence-electron chi connectivity index (χ2n) is 30.9. The fourth-order valence-electron chi connectivity index (χ4n) is 17.7. The molecule has 18 aromatic rings. The number of hydrogen-bond donors (Lipinski definition) is 0. The average molecular weight is 1420 g/mol. The standard InChI is InChI=1S/3C35H26N2/c1-35(2)29-11-5-3-9-27(29)34-33(35)32(28-10-4-6-13-31(28)37-34)26-20-16-24(17-21-26)23-14-18-25(19-15-23)30-12-7-8-22-36-30;1-35(2)30-11-5-3-9-28(30)34-33(35)32(29-10-4-6-12-31(29)37-34)26-19-17-24(18-20-26)23-13-15-25(16-14-23)27-8-7-21-36-22-27;1-35(2)30-9-5-3-7-28(30)34-33(35)32(29-8-4-6-10-31(29)37-34)27-17-15-24(16-18-27)23-11-13-25(14-12-23)26-19-21-36-22-20-26/h3*3-22H,1-2H3. The fourth-order valence-corrected chi connectivity index (χ4v) is 17.7. The number of hydrogen-bond acceptors (Lipinski definition) is 6. The van der Waals surface area contributed by atoms with Crippen LogP contribution < -0.4 is 0 Å². The monoisotopic (exact) mass is 1420 g/mol. The molecule has 111 heavy (non-hydrogen) atoms. The summed E-state index contributed by atoms with van der Waals surface area (Å²) < 4.78 is 0. The van der Waals surface area contributed by atoms with Gasteiger partial charge in [0, 0.05) is 85.6 Å². The normalized spacial score (nSPS) is 13.4. The first-order valence-corrected chi connectivity index (χ1v) is 38.3. The first-order chi connectivity index (χ1) is 54.3. The summed E-state index contributed by atoms with van der Waals surface area (Å²) in [6, 6.07) is 119. The van der Waals surface area contributed by atoms with Crippen LogP contribution >= 0.6 is 0 Å². The van der Waals surface area contributed by atoms with Crippen LogP contribution in [0.3, 0.4) is 0 Å². The van der Waals surface area contributed by atoms with Gasteiger partial charge in [-0.3, -0.25) is 15.0 Å². The van der Waals surface area contributed by atoms with E-state index in [0.717, 1.165) is 50.5 Å². The highest BCUT2D eigenvalue weighted by Crippen LogP contribution is 2.57. The lowest BCUT2D eigenvalue weighted by Crippen LogP contribution is -2.16. The van der Waals surface area contributed by atoms with Crippen molar-refractivity contribution in [2.24, 2.45) is 0 Å². The van der Waals surface area contributed by atoms with Crippen molar-refractivity contribution in [1.82, 2.24) is 29.9 Å². The molecule has 528 valence electrons. The van der Waals surface area contributed by atoms with E-state index in [2.05, 4.69) is 354 Å². The SMILES string of the molecule is CC1(C)c2ccccc2-c2nc3ccccc3c(-c3ccc(-c4ccc(-c5ccccn5)cc4)cc3)c21.CC1(C)c2ccccc2-c2nc3ccccc3c(-c3ccc(-c4ccc(-c5cccnc5)cc4)cc3)c21.CC1(C)c2ccccc2-c2nc3ccccc3c(-c3ccc(-c4ccc(-c5ccncc5)cc4)cc3)c21. The minimum Gasteiger partial charge on any atom is -0.265 e. The molecule has 3 aliphatic carbocycles. The molecule has 12 aromatic carbocycles. The van der Waals surface area contributed by atoms with E-state index >= 15 is 0 Å². The predicted octanol–water partition coefficient (Wildman–Crippen LogP) is 26.8. The van der Waals surface area contributed by atoms with E-state index in [4.69, 9.17) is 15.0 Å². The van der Waals surface area contributed by atoms with Crippen LogP contribution in [0.5, 0.6) is 0 Å². The van der Waals surface area contributed by atoms with Crippen molar-refractivity contribution in [3.63, 3.8) is 0 Å². The lowest BCUT2D eigenvalue weighted by molar-refractivity contribution is 0.661.